The summed E-state index contributed by atoms with van der Waals surface area (Å²) in [5.41, 5.74) is 0. The molecule has 0 radical (unpaired) electrons. The first-order chi connectivity index (χ1) is 3.81. The molecule has 0 amide bonds. The quantitative estimate of drug-likeness (QED) is 0.471. The highest BCUT2D eigenvalue weighted by Crippen LogP contribution is 2.04. The van der Waals surface area contributed by atoms with Gasteiger partial charge < -0.3 is 0 Å². The zero-order valence-corrected chi connectivity index (χ0v) is 6.84. The zero-order chi connectivity index (χ0) is 6.41. The van der Waals surface area contributed by atoms with Crippen LogP contribution in [0.1, 0.15) is 19.8 Å². The van der Waals surface area contributed by atoms with Crippen LogP contribution in [0, 0.1) is 5.92 Å². The highest BCUT2D eigenvalue weighted by molar-refractivity contribution is 7.80. The van der Waals surface area contributed by atoms with Crippen molar-refractivity contribution in [2.24, 2.45) is 5.92 Å². The third-order valence-corrected chi connectivity index (χ3v) is 1.95. The predicted molar refractivity (Wildman–Crippen MR) is 45.9 cm³/mol. The van der Waals surface area contributed by atoms with Gasteiger partial charge in [0.05, 0.1) is 0 Å². The van der Waals surface area contributed by atoms with Crippen molar-refractivity contribution >= 4 is 30.2 Å². The summed E-state index contributed by atoms with van der Waals surface area (Å²) in [5.74, 6) is 1.70. The molecule has 0 aromatic heterocycles. The summed E-state index contributed by atoms with van der Waals surface area (Å²) >= 11 is 8.81. The lowest BCUT2D eigenvalue weighted by atomic mass is 10.1. The van der Waals surface area contributed by atoms with Crippen molar-refractivity contribution in [1.29, 1.82) is 0 Å². The average Bonchev–Trinajstić information content (AvgIpc) is 1.83. The van der Waals surface area contributed by atoms with Crippen molar-refractivity contribution in [1.82, 2.24) is 0 Å². The molecule has 0 saturated carbocycles. The van der Waals surface area contributed by atoms with Gasteiger partial charge in [0.25, 0.3) is 0 Å². The maximum atomic E-state index is 4.67. The molecule has 0 bridgehead atoms. The second kappa shape index (κ2) is 5.57. The molecule has 0 aliphatic heterocycles. The van der Waals surface area contributed by atoms with Gasteiger partial charge in [0.2, 0.25) is 0 Å². The summed E-state index contributed by atoms with van der Waals surface area (Å²) < 4.78 is 0. The Morgan fingerprint density at radius 3 is 2.75 bits per heavy atom. The summed E-state index contributed by atoms with van der Waals surface area (Å²) in [6, 6.07) is 0. The normalized spacial score (nSPS) is 13.2. The standard InChI is InChI=1S/C6H12S2/c1-6(5-8)3-2-4-7/h4,6,8H,2-3,5H2,1H3. The summed E-state index contributed by atoms with van der Waals surface area (Å²) in [6.07, 6.45) is 2.24. The number of hydrogen-bond acceptors (Lipinski definition) is 2. The zero-order valence-electron chi connectivity index (χ0n) is 5.13. The van der Waals surface area contributed by atoms with Crippen LogP contribution in [0.15, 0.2) is 0 Å². The van der Waals surface area contributed by atoms with Crippen molar-refractivity contribution in [2.75, 3.05) is 5.75 Å². The molecular formula is C6H12S2. The van der Waals surface area contributed by atoms with E-state index in [2.05, 4.69) is 31.8 Å². The van der Waals surface area contributed by atoms with E-state index in [1.54, 1.807) is 5.37 Å². The minimum atomic E-state index is 0.720. The lowest BCUT2D eigenvalue weighted by molar-refractivity contribution is 0.619. The Balaban J connectivity index is 2.97. The molecule has 2 heteroatoms. The SMILES string of the molecule is CC(CS)CCC=S. The molecule has 0 N–H and O–H groups in total. The number of rotatable bonds is 4. The predicted octanol–water partition coefficient (Wildman–Crippen LogP) is 2.33. The summed E-state index contributed by atoms with van der Waals surface area (Å²) in [5, 5.41) is 1.79. The highest BCUT2D eigenvalue weighted by Gasteiger charge is 1.94. The minimum absolute atomic E-state index is 0.720. The lowest BCUT2D eigenvalue weighted by Crippen LogP contribution is -1.94. The van der Waals surface area contributed by atoms with E-state index in [4.69, 9.17) is 0 Å². The van der Waals surface area contributed by atoms with Crippen molar-refractivity contribution in [3.63, 3.8) is 0 Å². The van der Waals surface area contributed by atoms with Crippen molar-refractivity contribution in [3.8, 4) is 0 Å². The molecule has 0 saturated heterocycles. The number of thiocarbonyl (C=S) groups is 1. The van der Waals surface area contributed by atoms with Gasteiger partial charge in [-0.2, -0.15) is 12.6 Å². The minimum Gasteiger partial charge on any atom is -0.179 e. The maximum absolute atomic E-state index is 4.67. The second-order valence-corrected chi connectivity index (χ2v) is 2.73. The van der Waals surface area contributed by atoms with E-state index in [9.17, 15) is 0 Å². The summed E-state index contributed by atoms with van der Waals surface area (Å²) in [7, 11) is 0. The third-order valence-electron chi connectivity index (χ3n) is 1.09. The second-order valence-electron chi connectivity index (χ2n) is 2.03. The highest BCUT2D eigenvalue weighted by atomic mass is 32.1. The van der Waals surface area contributed by atoms with Gasteiger partial charge in [-0.1, -0.05) is 19.1 Å². The van der Waals surface area contributed by atoms with Gasteiger partial charge in [-0.05, 0) is 29.9 Å². The van der Waals surface area contributed by atoms with Crippen LogP contribution in [0.25, 0.3) is 0 Å². The monoisotopic (exact) mass is 148 g/mol. The topological polar surface area (TPSA) is 0 Å². The van der Waals surface area contributed by atoms with E-state index in [1.807, 2.05) is 0 Å². The first-order valence-corrected chi connectivity index (χ1v) is 3.96. The Kier molecular flexibility index (Phi) is 5.88. The van der Waals surface area contributed by atoms with Crippen LogP contribution in [-0.2, 0) is 0 Å². The van der Waals surface area contributed by atoms with Crippen LogP contribution >= 0.6 is 24.8 Å². The van der Waals surface area contributed by atoms with Crippen LogP contribution in [0.3, 0.4) is 0 Å². The fourth-order valence-electron chi connectivity index (χ4n) is 0.444. The smallest absolute Gasteiger partial charge is 0.00720 e. The molecule has 8 heavy (non-hydrogen) atoms. The van der Waals surface area contributed by atoms with E-state index >= 15 is 0 Å². The summed E-state index contributed by atoms with van der Waals surface area (Å²) in [6.45, 7) is 2.19. The molecule has 0 spiro atoms. The molecule has 1 atom stereocenters. The van der Waals surface area contributed by atoms with Crippen molar-refractivity contribution in [2.45, 2.75) is 19.8 Å². The largest absolute Gasteiger partial charge is 0.179 e. The van der Waals surface area contributed by atoms with Gasteiger partial charge in [0, 0.05) is 0 Å². The van der Waals surface area contributed by atoms with Gasteiger partial charge in [-0.25, -0.2) is 0 Å². The molecule has 0 rings (SSSR count). The fraction of sp³-hybridized carbons (Fsp3) is 0.833. The first-order valence-electron chi connectivity index (χ1n) is 2.85. The first kappa shape index (κ1) is 8.44. The van der Waals surface area contributed by atoms with E-state index < -0.39 is 0 Å². The van der Waals surface area contributed by atoms with Gasteiger partial charge in [-0.15, -0.1) is 0 Å². The van der Waals surface area contributed by atoms with Crippen molar-refractivity contribution < 1.29 is 0 Å². The molecule has 0 aromatic rings. The molecule has 0 fully saturated rings. The Bertz CT molecular complexity index is 61.5. The van der Waals surface area contributed by atoms with E-state index in [0.717, 1.165) is 18.1 Å². The van der Waals surface area contributed by atoms with Gasteiger partial charge in [0.15, 0.2) is 0 Å². The van der Waals surface area contributed by atoms with Crippen LogP contribution in [0.5, 0.6) is 0 Å². The van der Waals surface area contributed by atoms with E-state index in [-0.39, 0.29) is 0 Å². The van der Waals surface area contributed by atoms with Gasteiger partial charge in [-0.3, -0.25) is 0 Å². The average molecular weight is 148 g/mol. The molecule has 0 aliphatic rings. The van der Waals surface area contributed by atoms with Crippen LogP contribution < -0.4 is 0 Å². The molecule has 48 valence electrons. The molecule has 0 aliphatic carbocycles. The Morgan fingerprint density at radius 1 is 1.75 bits per heavy atom. The van der Waals surface area contributed by atoms with Crippen LogP contribution in [0.2, 0.25) is 0 Å². The number of hydrogen-bond donors (Lipinski definition) is 1. The fourth-order valence-corrected chi connectivity index (χ4v) is 0.763. The summed E-state index contributed by atoms with van der Waals surface area (Å²) in [4.78, 5) is 0. The van der Waals surface area contributed by atoms with Crippen molar-refractivity contribution in [3.05, 3.63) is 0 Å². The van der Waals surface area contributed by atoms with Gasteiger partial charge >= 0.3 is 0 Å². The molecule has 0 nitrogen and oxygen atoms in total. The molecular weight excluding hydrogens is 136 g/mol. The Morgan fingerprint density at radius 2 is 2.38 bits per heavy atom. The van der Waals surface area contributed by atoms with E-state index in [1.165, 1.54) is 6.42 Å². The van der Waals surface area contributed by atoms with Crippen LogP contribution in [-0.4, -0.2) is 11.1 Å². The molecule has 0 heterocycles. The Hall–Kier alpha value is 0.440. The number of thiol groups is 1. The Labute approximate surface area is 62.1 Å². The lowest BCUT2D eigenvalue weighted by Gasteiger charge is -2.02. The molecule has 1 unspecified atom stereocenters. The maximum Gasteiger partial charge on any atom is -0.00720 e. The third kappa shape index (κ3) is 4.60. The van der Waals surface area contributed by atoms with Crippen LogP contribution in [0.4, 0.5) is 0 Å². The van der Waals surface area contributed by atoms with E-state index in [0.29, 0.717) is 0 Å². The van der Waals surface area contributed by atoms with Gasteiger partial charge in [0.1, 0.15) is 0 Å². The molecule has 0 aromatic carbocycles.